The molecular formula is C21H23FN6O2. The predicted octanol–water partition coefficient (Wildman–Crippen LogP) is 3.55. The van der Waals surface area contributed by atoms with E-state index in [-0.39, 0.29) is 17.4 Å². The van der Waals surface area contributed by atoms with Crippen molar-refractivity contribution in [2.75, 3.05) is 11.4 Å². The summed E-state index contributed by atoms with van der Waals surface area (Å²) in [6.45, 7) is 4.67. The normalized spacial score (nSPS) is 19.8. The van der Waals surface area contributed by atoms with Crippen molar-refractivity contribution < 1.29 is 13.9 Å². The number of amides is 1. The minimum Gasteiger partial charge on any atom is -0.405 e. The summed E-state index contributed by atoms with van der Waals surface area (Å²) in [4.78, 5) is 23.2. The fourth-order valence-corrected chi connectivity index (χ4v) is 3.98. The number of carbonyl (C=O) groups is 1. The third-order valence-electron chi connectivity index (χ3n) is 5.93. The number of nitrogens with zero attached hydrogens (tertiary/aromatic N) is 5. The highest BCUT2D eigenvalue weighted by Crippen LogP contribution is 2.37. The van der Waals surface area contributed by atoms with Crippen LogP contribution in [0, 0.1) is 12.7 Å². The predicted molar refractivity (Wildman–Crippen MR) is 108 cm³/mol. The van der Waals surface area contributed by atoms with Crippen LogP contribution in [0.1, 0.15) is 49.9 Å². The molecular weight excluding hydrogens is 387 g/mol. The van der Waals surface area contributed by atoms with Crippen LogP contribution in [0.2, 0.25) is 0 Å². The molecule has 9 heteroatoms. The largest absolute Gasteiger partial charge is 0.413 e. The van der Waals surface area contributed by atoms with E-state index in [1.165, 1.54) is 12.4 Å². The van der Waals surface area contributed by atoms with Gasteiger partial charge in [-0.3, -0.25) is 4.98 Å². The van der Waals surface area contributed by atoms with Gasteiger partial charge in [0.05, 0.1) is 18.4 Å². The van der Waals surface area contributed by atoms with Crippen molar-refractivity contribution in [1.82, 2.24) is 24.9 Å². The van der Waals surface area contributed by atoms with Gasteiger partial charge in [-0.1, -0.05) is 0 Å². The van der Waals surface area contributed by atoms with E-state index in [9.17, 15) is 9.18 Å². The van der Waals surface area contributed by atoms with E-state index in [4.69, 9.17) is 9.72 Å². The van der Waals surface area contributed by atoms with E-state index in [1.807, 2.05) is 19.9 Å². The molecule has 3 aromatic heterocycles. The highest BCUT2D eigenvalue weighted by Gasteiger charge is 2.39. The summed E-state index contributed by atoms with van der Waals surface area (Å²) < 4.78 is 20.9. The molecule has 30 heavy (non-hydrogen) atoms. The molecule has 0 aromatic carbocycles. The van der Waals surface area contributed by atoms with E-state index in [0.717, 1.165) is 49.3 Å². The quantitative estimate of drug-likeness (QED) is 0.708. The zero-order valence-corrected chi connectivity index (χ0v) is 16.9. The van der Waals surface area contributed by atoms with E-state index < -0.39 is 6.09 Å². The van der Waals surface area contributed by atoms with Crippen LogP contribution in [0.15, 0.2) is 30.7 Å². The van der Waals surface area contributed by atoms with E-state index >= 15 is 0 Å². The summed E-state index contributed by atoms with van der Waals surface area (Å²) in [6.07, 6.45) is 7.77. The summed E-state index contributed by atoms with van der Waals surface area (Å²) in [7, 11) is 0. The van der Waals surface area contributed by atoms with Gasteiger partial charge < -0.3 is 15.0 Å². The van der Waals surface area contributed by atoms with Gasteiger partial charge in [-0.2, -0.15) is 5.10 Å². The smallest absolute Gasteiger partial charge is 0.405 e. The Morgan fingerprint density at radius 1 is 1.37 bits per heavy atom. The molecule has 1 aliphatic heterocycles. The van der Waals surface area contributed by atoms with Crippen LogP contribution < -0.4 is 15.0 Å². The van der Waals surface area contributed by atoms with Crippen molar-refractivity contribution in [2.24, 2.45) is 0 Å². The molecule has 2 fully saturated rings. The molecule has 1 N–H and O–H groups in total. The molecule has 8 nitrogen and oxygen atoms in total. The molecule has 0 spiro atoms. The lowest BCUT2D eigenvalue weighted by Crippen LogP contribution is -2.36. The third kappa shape index (κ3) is 3.44. The Bertz CT molecular complexity index is 1130. The number of anilines is 1. The van der Waals surface area contributed by atoms with Crippen molar-refractivity contribution in [3.63, 3.8) is 0 Å². The van der Waals surface area contributed by atoms with Gasteiger partial charge in [0.1, 0.15) is 11.6 Å². The lowest BCUT2D eigenvalue weighted by atomic mass is 10.0. The number of fused-ring (bicyclic) bond motifs is 1. The van der Waals surface area contributed by atoms with E-state index in [1.54, 1.807) is 16.8 Å². The summed E-state index contributed by atoms with van der Waals surface area (Å²) in [6, 6.07) is 3.42. The standard InChI is InChI=1S/C21H23FN6O2/c1-13-15(10-14(22)11-23-13)16-4-3-8-27(16)18-5-9-28-19(25-18)17(12-24-28)30-20(29)26-21(2)6-7-21/h5,9-12,16H,3-4,6-8H2,1-2H3,(H,26,29)/t16-/m1/s1. The second-order valence-corrected chi connectivity index (χ2v) is 8.32. The Morgan fingerprint density at radius 2 is 2.20 bits per heavy atom. The lowest BCUT2D eigenvalue weighted by Gasteiger charge is -2.27. The number of ether oxygens (including phenoxy) is 1. The number of rotatable bonds is 4. The van der Waals surface area contributed by atoms with Crippen molar-refractivity contribution >= 4 is 17.6 Å². The van der Waals surface area contributed by atoms with Gasteiger partial charge in [0, 0.05) is 24.0 Å². The van der Waals surface area contributed by atoms with Crippen molar-refractivity contribution in [1.29, 1.82) is 0 Å². The molecule has 1 saturated heterocycles. The molecule has 1 amide bonds. The van der Waals surface area contributed by atoms with Gasteiger partial charge in [0.25, 0.3) is 0 Å². The number of carbonyl (C=O) groups excluding carboxylic acids is 1. The first-order chi connectivity index (χ1) is 14.4. The fraction of sp³-hybridized carbons (Fsp3) is 0.429. The first kappa shape index (κ1) is 18.8. The second kappa shape index (κ2) is 6.93. The summed E-state index contributed by atoms with van der Waals surface area (Å²) in [5.74, 6) is 0.694. The molecule has 1 saturated carbocycles. The molecule has 5 rings (SSSR count). The zero-order chi connectivity index (χ0) is 20.9. The minimum absolute atomic E-state index is 0.00597. The first-order valence-electron chi connectivity index (χ1n) is 10.1. The van der Waals surface area contributed by atoms with Gasteiger partial charge in [-0.05, 0) is 57.2 Å². The number of hydrogen-bond donors (Lipinski definition) is 1. The Labute approximate surface area is 173 Å². The Kier molecular flexibility index (Phi) is 4.34. The molecule has 3 aromatic rings. The third-order valence-corrected chi connectivity index (χ3v) is 5.93. The van der Waals surface area contributed by atoms with Crippen molar-refractivity contribution in [2.45, 2.75) is 51.1 Å². The number of hydrogen-bond acceptors (Lipinski definition) is 6. The average Bonchev–Trinajstić information content (AvgIpc) is 3.11. The summed E-state index contributed by atoms with van der Waals surface area (Å²) >= 11 is 0. The van der Waals surface area contributed by atoms with Gasteiger partial charge >= 0.3 is 6.09 Å². The molecule has 156 valence electrons. The van der Waals surface area contributed by atoms with E-state index in [2.05, 4.69) is 20.3 Å². The van der Waals surface area contributed by atoms with Crippen LogP contribution in [-0.4, -0.2) is 37.8 Å². The van der Waals surface area contributed by atoms with Crippen molar-refractivity contribution in [3.05, 3.63) is 47.8 Å². The number of aryl methyl sites for hydroxylation is 1. The maximum absolute atomic E-state index is 13.8. The molecule has 1 aliphatic carbocycles. The van der Waals surface area contributed by atoms with Gasteiger partial charge in [-0.25, -0.2) is 18.7 Å². The number of aromatic nitrogens is 4. The number of halogens is 1. The molecule has 0 bridgehead atoms. The topological polar surface area (TPSA) is 84.7 Å². The fourth-order valence-electron chi connectivity index (χ4n) is 3.98. The van der Waals surface area contributed by atoms with Gasteiger partial charge in [0.15, 0.2) is 5.75 Å². The summed E-state index contributed by atoms with van der Waals surface area (Å²) in [5, 5.41) is 7.09. The van der Waals surface area contributed by atoms with Crippen LogP contribution in [0.5, 0.6) is 5.75 Å². The average molecular weight is 410 g/mol. The summed E-state index contributed by atoms with van der Waals surface area (Å²) in [5.41, 5.74) is 1.98. The molecule has 0 unspecified atom stereocenters. The van der Waals surface area contributed by atoms with Crippen LogP contribution in [0.4, 0.5) is 15.0 Å². The lowest BCUT2D eigenvalue weighted by molar-refractivity contribution is 0.196. The van der Waals surface area contributed by atoms with Gasteiger partial charge in [0.2, 0.25) is 5.65 Å². The van der Waals surface area contributed by atoms with E-state index in [0.29, 0.717) is 11.4 Å². The molecule has 1 atom stereocenters. The van der Waals surface area contributed by atoms with Crippen LogP contribution >= 0.6 is 0 Å². The molecule has 0 radical (unpaired) electrons. The van der Waals surface area contributed by atoms with Gasteiger partial charge in [-0.15, -0.1) is 0 Å². The highest BCUT2D eigenvalue weighted by atomic mass is 19.1. The number of pyridine rings is 1. The monoisotopic (exact) mass is 410 g/mol. The molecule has 4 heterocycles. The maximum atomic E-state index is 13.8. The maximum Gasteiger partial charge on any atom is 0.413 e. The van der Waals surface area contributed by atoms with Crippen LogP contribution in [-0.2, 0) is 0 Å². The Morgan fingerprint density at radius 3 is 3.00 bits per heavy atom. The van der Waals surface area contributed by atoms with Crippen molar-refractivity contribution in [3.8, 4) is 5.75 Å². The Balaban J connectivity index is 1.44. The second-order valence-electron chi connectivity index (χ2n) is 8.32. The van der Waals surface area contributed by atoms with Crippen LogP contribution in [0.3, 0.4) is 0 Å². The molecule has 2 aliphatic rings. The van der Waals surface area contributed by atoms with Crippen LogP contribution in [0.25, 0.3) is 5.65 Å². The number of nitrogens with one attached hydrogen (secondary N) is 1. The SMILES string of the molecule is Cc1ncc(F)cc1[C@H]1CCCN1c1ccn2ncc(OC(=O)NC3(C)CC3)c2n1. The Hall–Kier alpha value is -3.23. The highest BCUT2D eigenvalue weighted by molar-refractivity contribution is 5.74. The zero-order valence-electron chi connectivity index (χ0n) is 16.9. The first-order valence-corrected chi connectivity index (χ1v) is 10.1. The minimum atomic E-state index is -0.502.